The van der Waals surface area contributed by atoms with Gasteiger partial charge < -0.3 is 10.4 Å². The van der Waals surface area contributed by atoms with Gasteiger partial charge in [0.05, 0.1) is 17.1 Å². The van der Waals surface area contributed by atoms with Crippen LogP contribution < -0.4 is 20.9 Å². The molecule has 10 heteroatoms. The Hall–Kier alpha value is -3.17. The number of rotatable bonds is 4. The molecule has 1 aliphatic carbocycles. The van der Waals surface area contributed by atoms with Gasteiger partial charge in [0.15, 0.2) is 11.1 Å². The molecule has 3 heterocycles. The number of benzene rings is 1. The molecule has 0 bridgehead atoms. The summed E-state index contributed by atoms with van der Waals surface area (Å²) in [5, 5.41) is 18.8. The van der Waals surface area contributed by atoms with Crippen molar-refractivity contribution in [3.05, 3.63) is 66.8 Å². The second-order valence-corrected chi connectivity index (χ2v) is 8.15. The fourth-order valence-corrected chi connectivity index (χ4v) is 3.77. The topological polar surface area (TPSA) is 108 Å². The molecule has 0 aliphatic heterocycles. The number of aromatic nitrogens is 4. The Morgan fingerprint density at radius 3 is 2.97 bits per heavy atom. The first-order valence-electron chi connectivity index (χ1n) is 8.94. The van der Waals surface area contributed by atoms with Crippen molar-refractivity contribution in [3.63, 3.8) is 0 Å². The number of nitrogens with zero attached hydrogens (tertiary/aromatic N) is 4. The van der Waals surface area contributed by atoms with Crippen molar-refractivity contribution in [1.82, 2.24) is 19.6 Å². The summed E-state index contributed by atoms with van der Waals surface area (Å²) in [5.41, 5.74) is 2.06. The van der Waals surface area contributed by atoms with E-state index < -0.39 is 0 Å². The molecular weight excluding hydrogens is 412 g/mol. The van der Waals surface area contributed by atoms with E-state index in [1.54, 1.807) is 22.9 Å². The van der Waals surface area contributed by atoms with Gasteiger partial charge in [0, 0.05) is 22.0 Å². The first-order valence-corrected chi connectivity index (χ1v) is 10.1. The van der Waals surface area contributed by atoms with Crippen LogP contribution in [0.2, 0.25) is 5.02 Å². The van der Waals surface area contributed by atoms with Gasteiger partial charge in [-0.05, 0) is 37.1 Å². The molecule has 1 aliphatic rings. The van der Waals surface area contributed by atoms with Gasteiger partial charge in [0.2, 0.25) is 5.88 Å². The summed E-state index contributed by atoms with van der Waals surface area (Å²) in [6.45, 7) is 0. The molecule has 0 radical (unpaired) electrons. The van der Waals surface area contributed by atoms with Gasteiger partial charge in [-0.3, -0.25) is 14.8 Å². The molecule has 29 heavy (non-hydrogen) atoms. The van der Waals surface area contributed by atoms with E-state index in [4.69, 9.17) is 16.6 Å². The largest absolute Gasteiger partial charge is 0.493 e. The minimum Gasteiger partial charge on any atom is -0.493 e. The van der Waals surface area contributed by atoms with Gasteiger partial charge in [-0.2, -0.15) is 9.61 Å². The normalized spacial score (nSPS) is 15.3. The lowest BCUT2D eigenvalue weighted by molar-refractivity contribution is 0.455. The van der Waals surface area contributed by atoms with Crippen LogP contribution in [0.3, 0.4) is 0 Å². The van der Waals surface area contributed by atoms with Crippen LogP contribution in [0.4, 0.5) is 11.5 Å². The molecule has 3 aromatic heterocycles. The molecule has 1 aromatic carbocycles. The summed E-state index contributed by atoms with van der Waals surface area (Å²) in [6, 6.07) is 9.51. The van der Waals surface area contributed by atoms with E-state index in [2.05, 4.69) is 20.4 Å². The van der Waals surface area contributed by atoms with E-state index in [0.29, 0.717) is 38.1 Å². The van der Waals surface area contributed by atoms with Gasteiger partial charge in [-0.1, -0.05) is 29.0 Å². The number of fused-ring (bicyclic) bond motifs is 1. The van der Waals surface area contributed by atoms with E-state index in [-0.39, 0.29) is 10.8 Å². The molecule has 1 fully saturated rings. The number of hydrogen-bond acceptors (Lipinski definition) is 7. The monoisotopic (exact) mass is 426 g/mol. The number of H-pyrrole nitrogens is 1. The lowest BCUT2D eigenvalue weighted by Crippen LogP contribution is -2.19. The average molecular weight is 427 g/mol. The van der Waals surface area contributed by atoms with Crippen LogP contribution in [0.15, 0.2) is 46.3 Å². The molecule has 8 nitrogen and oxygen atoms in total. The quantitative estimate of drug-likeness (QED) is 0.463. The zero-order valence-corrected chi connectivity index (χ0v) is 16.5. The highest BCUT2D eigenvalue weighted by atomic mass is 35.5. The Kier molecular flexibility index (Phi) is 4.33. The van der Waals surface area contributed by atoms with Gasteiger partial charge in [-0.15, -0.1) is 0 Å². The Labute approximate surface area is 172 Å². The zero-order chi connectivity index (χ0) is 20.0. The van der Waals surface area contributed by atoms with E-state index >= 15 is 0 Å². The second-order valence-electron chi connectivity index (χ2n) is 6.70. The van der Waals surface area contributed by atoms with E-state index in [1.165, 1.54) is 0 Å². The maximum absolute atomic E-state index is 11.5. The number of hydrogen-bond donors (Lipinski definition) is 3. The van der Waals surface area contributed by atoms with Crippen LogP contribution in [0.1, 0.15) is 17.7 Å². The number of nitrogens with one attached hydrogen (secondary N) is 2. The van der Waals surface area contributed by atoms with Crippen molar-refractivity contribution in [3.8, 4) is 5.88 Å². The van der Waals surface area contributed by atoms with Crippen LogP contribution in [0, 0.1) is 0 Å². The first kappa shape index (κ1) is 17.9. The maximum atomic E-state index is 11.5. The molecule has 146 valence electrons. The fourth-order valence-electron chi connectivity index (χ4n) is 2.90. The summed E-state index contributed by atoms with van der Waals surface area (Å²) < 4.78 is 1.67. The maximum Gasteiger partial charge on any atom is 0.307 e. The summed E-state index contributed by atoms with van der Waals surface area (Å²) in [5.74, 6) is 0.427. The highest BCUT2D eigenvalue weighted by Crippen LogP contribution is 2.23. The van der Waals surface area contributed by atoms with Crippen LogP contribution in [0.25, 0.3) is 11.7 Å². The van der Waals surface area contributed by atoms with Crippen molar-refractivity contribution in [2.24, 2.45) is 4.99 Å². The Morgan fingerprint density at radius 2 is 2.24 bits per heavy atom. The Morgan fingerprint density at radius 1 is 1.38 bits per heavy atom. The number of aromatic hydroxyl groups is 1. The fraction of sp³-hybridized carbons (Fsp3) is 0.158. The molecule has 3 N–H and O–H groups in total. The molecule has 0 unspecified atom stereocenters. The number of aromatic amines is 1. The molecule has 0 atom stereocenters. The summed E-state index contributed by atoms with van der Waals surface area (Å²) in [6.07, 6.45) is 5.44. The molecule has 0 spiro atoms. The third kappa shape index (κ3) is 3.74. The lowest BCUT2D eigenvalue weighted by atomic mass is 10.3. The number of halogens is 1. The van der Waals surface area contributed by atoms with Crippen LogP contribution >= 0.6 is 22.9 Å². The van der Waals surface area contributed by atoms with Gasteiger partial charge in [0.25, 0.3) is 0 Å². The van der Waals surface area contributed by atoms with E-state index in [0.717, 1.165) is 29.9 Å². The minimum atomic E-state index is -0.328. The SMILES string of the molecule is O=c1[nH]c(O)c(C=c2cnn3c(=NC4CC4)cc(Nc4cccc(Cl)c4)nc23)s1. The molecule has 0 saturated heterocycles. The van der Waals surface area contributed by atoms with E-state index in [9.17, 15) is 9.90 Å². The van der Waals surface area contributed by atoms with Crippen molar-refractivity contribution in [2.45, 2.75) is 18.9 Å². The Bertz CT molecular complexity index is 1400. The lowest BCUT2D eigenvalue weighted by Gasteiger charge is -2.06. The minimum absolute atomic E-state index is 0.171. The predicted molar refractivity (Wildman–Crippen MR) is 112 cm³/mol. The van der Waals surface area contributed by atoms with Gasteiger partial charge in [-0.25, -0.2) is 4.98 Å². The third-order valence-electron chi connectivity index (χ3n) is 4.38. The van der Waals surface area contributed by atoms with Gasteiger partial charge >= 0.3 is 4.87 Å². The van der Waals surface area contributed by atoms with Crippen molar-refractivity contribution < 1.29 is 5.11 Å². The molecule has 0 amide bonds. The first-order chi connectivity index (χ1) is 14.0. The number of anilines is 2. The summed E-state index contributed by atoms with van der Waals surface area (Å²) in [7, 11) is 0. The van der Waals surface area contributed by atoms with Crippen molar-refractivity contribution in [1.29, 1.82) is 0 Å². The van der Waals surface area contributed by atoms with Crippen molar-refractivity contribution in [2.75, 3.05) is 5.32 Å². The predicted octanol–water partition coefficient (Wildman–Crippen LogP) is 2.19. The number of thiazole rings is 1. The standard InChI is InChI=1S/C19H15ClN6O2S/c20-11-2-1-3-13(7-11)22-15-8-16(23-12-4-5-12)26-17(24-15)10(9-21-26)6-14-18(27)25-19(28)29-14/h1-3,6-9,12,22,27H,4-5H2,(H,25,28). The third-order valence-corrected chi connectivity index (χ3v) is 5.44. The molecule has 5 rings (SSSR count). The average Bonchev–Trinajstić information content (AvgIpc) is 3.31. The van der Waals surface area contributed by atoms with Crippen LogP contribution in [-0.4, -0.2) is 30.7 Å². The smallest absolute Gasteiger partial charge is 0.307 e. The van der Waals surface area contributed by atoms with Crippen LogP contribution in [0.5, 0.6) is 5.88 Å². The van der Waals surface area contributed by atoms with Crippen molar-refractivity contribution >= 4 is 46.2 Å². The van der Waals surface area contributed by atoms with Crippen LogP contribution in [-0.2, 0) is 0 Å². The zero-order valence-electron chi connectivity index (χ0n) is 15.0. The van der Waals surface area contributed by atoms with E-state index in [1.807, 2.05) is 24.3 Å². The molecular formula is C19H15ClN6O2S. The summed E-state index contributed by atoms with van der Waals surface area (Å²) in [4.78, 5) is 23.3. The highest BCUT2D eigenvalue weighted by Gasteiger charge is 2.20. The van der Waals surface area contributed by atoms with Gasteiger partial charge in [0.1, 0.15) is 5.82 Å². The molecule has 1 saturated carbocycles. The molecule has 4 aromatic rings. The second kappa shape index (κ2) is 7.02. The highest BCUT2D eigenvalue weighted by molar-refractivity contribution is 7.10. The Balaban J connectivity index is 1.68. The summed E-state index contributed by atoms with van der Waals surface area (Å²) >= 11 is 7.00.